The number of hydrogen-bond acceptors (Lipinski definition) is 4. The van der Waals surface area contributed by atoms with Crippen LogP contribution in [0.4, 0.5) is 10.1 Å². The molecule has 37 heavy (non-hydrogen) atoms. The average molecular weight is 526 g/mol. The number of nitrogens with one attached hydrogen (secondary N) is 1. The number of rotatable bonds is 10. The molecule has 9 heteroatoms. The molecular weight excluding hydrogens is 493 g/mol. The number of carbonyl (C=O) groups is 2. The van der Waals surface area contributed by atoms with Crippen molar-refractivity contribution in [3.05, 3.63) is 95.3 Å². The number of carbonyl (C=O) groups excluding carboxylic acids is 2. The van der Waals surface area contributed by atoms with Crippen LogP contribution < -0.4 is 9.62 Å². The van der Waals surface area contributed by atoms with E-state index in [1.807, 2.05) is 19.9 Å². The summed E-state index contributed by atoms with van der Waals surface area (Å²) in [6.45, 7) is 4.97. The van der Waals surface area contributed by atoms with Crippen molar-refractivity contribution in [3.63, 3.8) is 0 Å². The van der Waals surface area contributed by atoms with Crippen LogP contribution in [0.3, 0.4) is 0 Å². The fraction of sp³-hybridized carbons (Fsp3) is 0.286. The molecular formula is C28H32FN3O4S. The van der Waals surface area contributed by atoms with Gasteiger partial charge in [-0.1, -0.05) is 43.3 Å². The van der Waals surface area contributed by atoms with E-state index in [0.29, 0.717) is 17.7 Å². The predicted octanol–water partition coefficient (Wildman–Crippen LogP) is 4.19. The Morgan fingerprint density at radius 3 is 2.08 bits per heavy atom. The largest absolute Gasteiger partial charge is 0.357 e. The molecule has 196 valence electrons. The van der Waals surface area contributed by atoms with Gasteiger partial charge < -0.3 is 10.2 Å². The third-order valence-corrected chi connectivity index (χ3v) is 7.79. The Morgan fingerprint density at radius 2 is 1.54 bits per heavy atom. The SMILES string of the molecule is CC[C@@H](C(=O)NC)N(Cc1ccc(F)cc1)C(=O)CN(c1cc(C)cc(C)c1)S(=O)(=O)c1ccccc1. The second-order valence-corrected chi connectivity index (χ2v) is 10.7. The molecule has 0 aromatic heterocycles. The van der Waals surface area contributed by atoms with Crippen LogP contribution in [0, 0.1) is 19.7 Å². The third kappa shape index (κ3) is 6.74. The van der Waals surface area contributed by atoms with Crippen LogP contribution in [-0.4, -0.2) is 44.8 Å². The molecule has 0 heterocycles. The smallest absolute Gasteiger partial charge is 0.264 e. The topological polar surface area (TPSA) is 86.8 Å². The number of anilines is 1. The summed E-state index contributed by atoms with van der Waals surface area (Å²) >= 11 is 0. The summed E-state index contributed by atoms with van der Waals surface area (Å²) in [5.41, 5.74) is 2.65. The van der Waals surface area contributed by atoms with E-state index in [1.54, 1.807) is 37.3 Å². The van der Waals surface area contributed by atoms with Gasteiger partial charge in [0.1, 0.15) is 18.4 Å². The van der Waals surface area contributed by atoms with Gasteiger partial charge in [0.25, 0.3) is 10.0 Å². The molecule has 0 radical (unpaired) electrons. The van der Waals surface area contributed by atoms with Gasteiger partial charge in [-0.25, -0.2) is 12.8 Å². The number of hydrogen-bond donors (Lipinski definition) is 1. The van der Waals surface area contributed by atoms with Gasteiger partial charge in [-0.3, -0.25) is 13.9 Å². The molecule has 2 amide bonds. The van der Waals surface area contributed by atoms with E-state index in [0.717, 1.165) is 15.4 Å². The number of sulfonamides is 1. The van der Waals surface area contributed by atoms with Crippen molar-refractivity contribution in [1.82, 2.24) is 10.2 Å². The second-order valence-electron chi connectivity index (χ2n) is 8.86. The van der Waals surface area contributed by atoms with Gasteiger partial charge in [0.05, 0.1) is 10.6 Å². The first-order valence-electron chi connectivity index (χ1n) is 12.0. The summed E-state index contributed by atoms with van der Waals surface area (Å²) in [5, 5.41) is 2.58. The van der Waals surface area contributed by atoms with Gasteiger partial charge >= 0.3 is 0 Å². The molecule has 3 aromatic carbocycles. The van der Waals surface area contributed by atoms with Crippen LogP contribution in [0.25, 0.3) is 0 Å². The fourth-order valence-corrected chi connectivity index (χ4v) is 5.63. The highest BCUT2D eigenvalue weighted by atomic mass is 32.2. The van der Waals surface area contributed by atoms with Crippen LogP contribution in [0.5, 0.6) is 0 Å². The number of halogens is 1. The number of amides is 2. The van der Waals surface area contributed by atoms with Crippen LogP contribution in [0.2, 0.25) is 0 Å². The Labute approximate surface area is 218 Å². The summed E-state index contributed by atoms with van der Waals surface area (Å²) in [6.07, 6.45) is 0.307. The van der Waals surface area contributed by atoms with Crippen molar-refractivity contribution in [2.75, 3.05) is 17.9 Å². The van der Waals surface area contributed by atoms with Gasteiger partial charge in [-0.05, 0) is 73.4 Å². The average Bonchev–Trinajstić information content (AvgIpc) is 2.87. The highest BCUT2D eigenvalue weighted by Crippen LogP contribution is 2.27. The van der Waals surface area contributed by atoms with E-state index in [4.69, 9.17) is 0 Å². The van der Waals surface area contributed by atoms with E-state index < -0.39 is 34.3 Å². The monoisotopic (exact) mass is 525 g/mol. The molecule has 0 fully saturated rings. The molecule has 0 unspecified atom stereocenters. The van der Waals surface area contributed by atoms with Crippen molar-refractivity contribution in [3.8, 4) is 0 Å². The van der Waals surface area contributed by atoms with Crippen LogP contribution in [0.15, 0.2) is 77.7 Å². The first-order valence-corrected chi connectivity index (χ1v) is 13.4. The zero-order valence-corrected chi connectivity index (χ0v) is 22.3. The minimum absolute atomic E-state index is 0.0110. The van der Waals surface area contributed by atoms with Gasteiger partial charge in [-0.2, -0.15) is 0 Å². The van der Waals surface area contributed by atoms with Crippen LogP contribution in [-0.2, 0) is 26.2 Å². The fourth-order valence-electron chi connectivity index (χ4n) is 4.22. The second kappa shape index (κ2) is 12.0. The standard InChI is InChI=1S/C28H32FN3O4S/c1-5-26(28(34)30-4)31(18-22-11-13-23(29)14-12-22)27(33)19-32(24-16-20(2)15-21(3)17-24)37(35,36)25-9-7-6-8-10-25/h6-17,26H,5,18-19H2,1-4H3,(H,30,34)/t26-/m0/s1. The van der Waals surface area contributed by atoms with E-state index >= 15 is 0 Å². The summed E-state index contributed by atoms with van der Waals surface area (Å²) in [4.78, 5) is 27.9. The lowest BCUT2D eigenvalue weighted by molar-refractivity contribution is -0.140. The predicted molar refractivity (Wildman–Crippen MR) is 142 cm³/mol. The Bertz CT molecular complexity index is 1330. The normalized spacial score (nSPS) is 12.0. The van der Waals surface area contributed by atoms with E-state index in [1.165, 1.54) is 48.3 Å². The summed E-state index contributed by atoms with van der Waals surface area (Å²) < 4.78 is 42.1. The molecule has 7 nitrogen and oxygen atoms in total. The van der Waals surface area contributed by atoms with Crippen LogP contribution in [0.1, 0.15) is 30.0 Å². The maximum atomic E-state index is 13.8. The zero-order valence-electron chi connectivity index (χ0n) is 21.4. The molecule has 3 aromatic rings. The van der Waals surface area contributed by atoms with Crippen molar-refractivity contribution >= 4 is 27.5 Å². The minimum Gasteiger partial charge on any atom is -0.357 e. The quantitative estimate of drug-likeness (QED) is 0.430. The van der Waals surface area contributed by atoms with E-state index in [9.17, 15) is 22.4 Å². The maximum absolute atomic E-state index is 13.8. The molecule has 0 aliphatic heterocycles. The molecule has 0 bridgehead atoms. The molecule has 0 spiro atoms. The van der Waals surface area contributed by atoms with Gasteiger partial charge in [0.2, 0.25) is 11.8 Å². The number of benzene rings is 3. The maximum Gasteiger partial charge on any atom is 0.264 e. The van der Waals surface area contributed by atoms with E-state index in [2.05, 4.69) is 5.32 Å². The number of aryl methyl sites for hydroxylation is 2. The Morgan fingerprint density at radius 1 is 0.946 bits per heavy atom. The van der Waals surface area contributed by atoms with Gasteiger partial charge in [0.15, 0.2) is 0 Å². The Balaban J connectivity index is 2.07. The van der Waals surface area contributed by atoms with Crippen molar-refractivity contribution in [1.29, 1.82) is 0 Å². The lowest BCUT2D eigenvalue weighted by atomic mass is 10.1. The summed E-state index contributed by atoms with van der Waals surface area (Å²) in [6, 6.07) is 18.0. The number of likely N-dealkylation sites (N-methyl/N-ethyl adjacent to an activating group) is 1. The first kappa shape index (κ1) is 27.9. The first-order chi connectivity index (χ1) is 17.6. The summed E-state index contributed by atoms with van der Waals surface area (Å²) in [5.74, 6) is -1.35. The van der Waals surface area contributed by atoms with Gasteiger partial charge in [0, 0.05) is 13.6 Å². The molecule has 1 atom stereocenters. The molecule has 0 saturated carbocycles. The third-order valence-electron chi connectivity index (χ3n) is 6.00. The van der Waals surface area contributed by atoms with Crippen LogP contribution >= 0.6 is 0 Å². The van der Waals surface area contributed by atoms with Crippen molar-refractivity contribution < 1.29 is 22.4 Å². The van der Waals surface area contributed by atoms with Gasteiger partial charge in [-0.15, -0.1) is 0 Å². The van der Waals surface area contributed by atoms with E-state index in [-0.39, 0.29) is 17.3 Å². The molecule has 0 aliphatic rings. The zero-order chi connectivity index (χ0) is 27.2. The molecule has 0 saturated heterocycles. The molecule has 1 N–H and O–H groups in total. The highest BCUT2D eigenvalue weighted by molar-refractivity contribution is 7.92. The summed E-state index contributed by atoms with van der Waals surface area (Å²) in [7, 11) is -2.64. The Hall–Kier alpha value is -3.72. The van der Waals surface area contributed by atoms with Crippen molar-refractivity contribution in [2.24, 2.45) is 0 Å². The minimum atomic E-state index is -4.12. The Kier molecular flexibility index (Phi) is 9.04. The molecule has 0 aliphatic carbocycles. The van der Waals surface area contributed by atoms with Crippen molar-refractivity contribution in [2.45, 2.75) is 44.7 Å². The molecule has 3 rings (SSSR count). The number of nitrogens with zero attached hydrogens (tertiary/aromatic N) is 2. The highest BCUT2D eigenvalue weighted by Gasteiger charge is 2.33. The lowest BCUT2D eigenvalue weighted by Gasteiger charge is -2.33. The lowest BCUT2D eigenvalue weighted by Crippen LogP contribution is -2.51.